The predicted molar refractivity (Wildman–Crippen MR) is 236 cm³/mol. The molecule has 0 spiro atoms. The number of nitrogens with zero attached hydrogens (tertiary/aromatic N) is 3. The summed E-state index contributed by atoms with van der Waals surface area (Å²) in [4.78, 5) is 33.4. The minimum absolute atomic E-state index is 0.0139. The van der Waals surface area contributed by atoms with Gasteiger partial charge in [0.15, 0.2) is 0 Å². The fourth-order valence-electron chi connectivity index (χ4n) is 9.68. The number of nitro benzene ring substituents is 1. The molecule has 62 heavy (non-hydrogen) atoms. The molecular weight excluding hydrogens is 814 g/mol. The summed E-state index contributed by atoms with van der Waals surface area (Å²) in [7, 11) is 0. The smallest absolute Gasteiger partial charge is 0.410 e. The van der Waals surface area contributed by atoms with Gasteiger partial charge in [-0.05, 0) is 95.3 Å². The summed E-state index contributed by atoms with van der Waals surface area (Å²) in [5.74, 6) is -1.89. The first kappa shape index (κ1) is 44.6. The summed E-state index contributed by atoms with van der Waals surface area (Å²) in [5, 5.41) is 49.0. The first-order valence-electron chi connectivity index (χ1n) is 21.3. The van der Waals surface area contributed by atoms with Crippen LogP contribution in [-0.2, 0) is 27.5 Å². The lowest BCUT2D eigenvalue weighted by molar-refractivity contribution is -0.384. The highest BCUT2D eigenvalue weighted by molar-refractivity contribution is 6.18. The number of carbonyl (C=O) groups excluding carboxylic acids is 1. The molecule has 3 aliphatic rings. The molecule has 4 aromatic carbocycles. The minimum atomic E-state index is -1.55. The van der Waals surface area contributed by atoms with Gasteiger partial charge in [-0.15, -0.1) is 18.2 Å². The molecule has 1 saturated carbocycles. The fraction of sp³-hybridized carbons (Fsp3) is 0.417. The first-order chi connectivity index (χ1) is 30.2. The van der Waals surface area contributed by atoms with E-state index in [2.05, 4.69) is 12.7 Å². The number of aromatic hydroxyl groups is 1. The number of phenolic OH excluding ortho intramolecular Hbond substituents is 1. The van der Waals surface area contributed by atoms with Crippen LogP contribution < -0.4 is 4.74 Å². The van der Waals surface area contributed by atoms with Crippen molar-refractivity contribution in [3.05, 3.63) is 136 Å². The topological polar surface area (TPSA) is 173 Å². The molecule has 1 fully saturated rings. The number of phenols is 1. The lowest BCUT2D eigenvalue weighted by Gasteiger charge is -2.59. The van der Waals surface area contributed by atoms with Crippen LogP contribution in [-0.4, -0.2) is 81.1 Å². The standard InChI is InChI=1S/C48H54ClN3O10/c1-2-25-60-48-44(51(47(56)59-26-22-49)30-35-13-9-12-33-10-3-4-14-38(33)35)29-42(50-61-31-32-16-18-36(19-17-32)52(57)58)40-27-34(11-5-7-23-53)39(15-6-8-24-54)45(46(40)48)41-28-37(55)20-21-43(41)62-48/h2-4,9-10,12-14,16-21,27-28,34,39,44-46,53-55H,1,5-8,11,15,22-26,29-31H2. The van der Waals surface area contributed by atoms with E-state index in [9.17, 15) is 30.2 Å². The van der Waals surface area contributed by atoms with E-state index in [1.807, 2.05) is 42.5 Å². The SMILES string of the molecule is C=CCOC12Oc3ccc(O)cc3C3C(CCCCO)C(CCCCO)C=C(C(=NOCc4ccc([N+](=O)[O-])cc4)CC1N(Cc1cccc4ccccc14)C(=O)OCCCl)C32. The number of amides is 1. The number of ether oxygens (including phenoxy) is 3. The number of oxime groups is 1. The van der Waals surface area contributed by atoms with Crippen LogP contribution in [0.3, 0.4) is 0 Å². The van der Waals surface area contributed by atoms with Gasteiger partial charge in [0.25, 0.3) is 5.69 Å². The minimum Gasteiger partial charge on any atom is -0.508 e. The maximum Gasteiger partial charge on any atom is 0.410 e. The number of aliphatic hydroxyl groups excluding tert-OH is 2. The molecule has 7 rings (SSSR count). The number of hydrogen-bond acceptors (Lipinski definition) is 11. The van der Waals surface area contributed by atoms with Crippen LogP contribution in [0.2, 0.25) is 0 Å². The number of aliphatic hydroxyl groups is 2. The number of nitro groups is 1. The summed E-state index contributed by atoms with van der Waals surface area (Å²) in [6.07, 6.45) is 7.57. The van der Waals surface area contributed by atoms with Crippen LogP contribution in [0.4, 0.5) is 10.5 Å². The van der Waals surface area contributed by atoms with Crippen LogP contribution in [0.25, 0.3) is 10.8 Å². The van der Waals surface area contributed by atoms with Crippen molar-refractivity contribution in [1.82, 2.24) is 4.90 Å². The Kier molecular flexibility index (Phi) is 14.8. The van der Waals surface area contributed by atoms with Crippen LogP contribution >= 0.6 is 11.6 Å². The number of alkyl halides is 1. The van der Waals surface area contributed by atoms with Crippen molar-refractivity contribution in [2.75, 3.05) is 32.3 Å². The highest BCUT2D eigenvalue weighted by Gasteiger charge is 2.65. The van der Waals surface area contributed by atoms with Crippen LogP contribution in [0.5, 0.6) is 11.5 Å². The molecule has 328 valence electrons. The van der Waals surface area contributed by atoms with Crippen LogP contribution in [0.1, 0.15) is 67.6 Å². The van der Waals surface area contributed by atoms with E-state index in [0.29, 0.717) is 29.9 Å². The number of halogens is 1. The number of benzene rings is 4. The van der Waals surface area contributed by atoms with Crippen LogP contribution in [0, 0.1) is 27.9 Å². The number of unbranched alkanes of at least 4 members (excludes halogenated alkanes) is 2. The van der Waals surface area contributed by atoms with Gasteiger partial charge in [-0.25, -0.2) is 4.79 Å². The van der Waals surface area contributed by atoms with Crippen molar-refractivity contribution in [2.45, 2.75) is 75.8 Å². The third-order valence-electron chi connectivity index (χ3n) is 12.3. The number of rotatable bonds is 20. The Bertz CT molecular complexity index is 2260. The average molecular weight is 868 g/mol. The van der Waals surface area contributed by atoms with Crippen LogP contribution in [0.15, 0.2) is 114 Å². The zero-order valence-electron chi connectivity index (χ0n) is 34.6. The first-order valence-corrected chi connectivity index (χ1v) is 21.8. The lowest BCUT2D eigenvalue weighted by atomic mass is 9.55. The normalized spacial score (nSPS) is 23.1. The maximum atomic E-state index is 14.7. The van der Waals surface area contributed by atoms with Gasteiger partial charge < -0.3 is 34.4 Å². The Morgan fingerprint density at radius 3 is 2.52 bits per heavy atom. The molecule has 13 nitrogen and oxygen atoms in total. The third kappa shape index (κ3) is 9.46. The van der Waals surface area contributed by atoms with Gasteiger partial charge in [-0.2, -0.15) is 0 Å². The second kappa shape index (κ2) is 20.6. The molecule has 6 atom stereocenters. The predicted octanol–water partition coefficient (Wildman–Crippen LogP) is 9.17. The molecule has 3 N–H and O–H groups in total. The van der Waals surface area contributed by atoms with Gasteiger partial charge in [0, 0.05) is 43.2 Å². The average Bonchev–Trinajstić information content (AvgIpc) is 3.28. The van der Waals surface area contributed by atoms with Gasteiger partial charge in [0.1, 0.15) is 30.8 Å². The van der Waals surface area contributed by atoms with E-state index in [0.717, 1.165) is 53.2 Å². The molecule has 1 aliphatic heterocycles. The maximum absolute atomic E-state index is 14.7. The number of fused-ring (bicyclic) bond motifs is 3. The van der Waals surface area contributed by atoms with Gasteiger partial charge in [-0.1, -0.05) is 72.6 Å². The molecule has 4 aromatic rings. The zero-order valence-corrected chi connectivity index (χ0v) is 35.4. The number of non-ortho nitro benzene ring substituents is 1. The van der Waals surface area contributed by atoms with Crippen molar-refractivity contribution in [3.63, 3.8) is 0 Å². The van der Waals surface area contributed by atoms with E-state index >= 15 is 0 Å². The van der Waals surface area contributed by atoms with Gasteiger partial charge in [0.05, 0.1) is 35.6 Å². The number of hydrogen-bond donors (Lipinski definition) is 3. The third-order valence-corrected chi connectivity index (χ3v) is 12.5. The van der Waals surface area contributed by atoms with Crippen molar-refractivity contribution in [1.29, 1.82) is 0 Å². The summed E-state index contributed by atoms with van der Waals surface area (Å²) >= 11 is 6.11. The Labute approximate surface area is 366 Å². The Balaban J connectivity index is 1.44. The second-order valence-corrected chi connectivity index (χ2v) is 16.4. The number of carbonyl (C=O) groups is 1. The number of allylic oxidation sites excluding steroid dienone is 1. The molecular formula is C48H54ClN3O10. The summed E-state index contributed by atoms with van der Waals surface area (Å²) in [6, 6.07) is 24.2. The Morgan fingerprint density at radius 2 is 1.77 bits per heavy atom. The van der Waals surface area contributed by atoms with E-state index in [1.165, 1.54) is 12.1 Å². The monoisotopic (exact) mass is 867 g/mol. The highest BCUT2D eigenvalue weighted by Crippen LogP contribution is 2.62. The highest BCUT2D eigenvalue weighted by atomic mass is 35.5. The molecule has 0 aromatic heterocycles. The van der Waals surface area contributed by atoms with E-state index in [1.54, 1.807) is 41.3 Å². The van der Waals surface area contributed by atoms with Gasteiger partial charge in [0.2, 0.25) is 5.79 Å². The molecule has 0 radical (unpaired) electrons. The molecule has 1 amide bonds. The molecule has 2 aliphatic carbocycles. The molecule has 1 heterocycles. The quantitative estimate of drug-likeness (QED) is 0.0256. The van der Waals surface area contributed by atoms with E-state index < -0.39 is 28.8 Å². The zero-order chi connectivity index (χ0) is 43.6. The molecule has 6 unspecified atom stereocenters. The van der Waals surface area contributed by atoms with Crippen molar-refractivity contribution in [2.24, 2.45) is 22.9 Å². The molecule has 0 saturated heterocycles. The van der Waals surface area contributed by atoms with E-state index in [4.69, 9.17) is 35.8 Å². The largest absolute Gasteiger partial charge is 0.508 e. The Morgan fingerprint density at radius 1 is 1.02 bits per heavy atom. The van der Waals surface area contributed by atoms with Gasteiger partial charge >= 0.3 is 6.09 Å². The second-order valence-electron chi connectivity index (χ2n) is 16.1. The summed E-state index contributed by atoms with van der Waals surface area (Å²) in [5.41, 5.74) is 3.67. The Hall–Kier alpha value is -5.47. The lowest BCUT2D eigenvalue weighted by Crippen LogP contribution is -2.70. The summed E-state index contributed by atoms with van der Waals surface area (Å²) in [6.45, 7) is 4.25. The summed E-state index contributed by atoms with van der Waals surface area (Å²) < 4.78 is 20.1. The van der Waals surface area contributed by atoms with Crippen molar-refractivity contribution in [3.8, 4) is 11.5 Å². The van der Waals surface area contributed by atoms with E-state index in [-0.39, 0.29) is 81.1 Å². The molecule has 0 bridgehead atoms. The molecule has 14 heteroatoms. The van der Waals surface area contributed by atoms with Gasteiger partial charge in [-0.3, -0.25) is 15.0 Å². The van der Waals surface area contributed by atoms with Crippen molar-refractivity contribution < 1.29 is 44.1 Å². The fourth-order valence-corrected chi connectivity index (χ4v) is 9.76. The van der Waals surface area contributed by atoms with Crippen molar-refractivity contribution >= 4 is 39.9 Å².